The van der Waals surface area contributed by atoms with Crippen LogP contribution in [0.1, 0.15) is 38.6 Å². The first-order chi connectivity index (χ1) is 12.6. The SMILES string of the molecule is CCNC(=NCCCNC(=O)c1cccs1)NCCc1nc(C)c(C)s1. The summed E-state index contributed by atoms with van der Waals surface area (Å²) >= 11 is 3.21. The number of aromatic nitrogens is 1. The molecule has 26 heavy (non-hydrogen) atoms. The van der Waals surface area contributed by atoms with Crippen molar-refractivity contribution < 1.29 is 4.79 Å². The quantitative estimate of drug-likeness (QED) is 0.348. The molecule has 0 unspecified atom stereocenters. The van der Waals surface area contributed by atoms with Gasteiger partial charge >= 0.3 is 0 Å². The standard InChI is InChI=1S/C18H27N5OS2/c1-4-19-18(22-11-8-16-23-13(2)14(3)26-16)21-10-6-9-20-17(24)15-7-5-12-25-15/h5,7,12H,4,6,8-11H2,1-3H3,(H,20,24)(H2,19,21,22). The molecule has 1 amide bonds. The Hall–Kier alpha value is -1.93. The second-order valence-electron chi connectivity index (χ2n) is 5.77. The largest absolute Gasteiger partial charge is 0.357 e. The maximum Gasteiger partial charge on any atom is 0.261 e. The van der Waals surface area contributed by atoms with E-state index in [0.29, 0.717) is 13.1 Å². The van der Waals surface area contributed by atoms with E-state index in [1.54, 1.807) is 11.3 Å². The monoisotopic (exact) mass is 393 g/mol. The number of thiazole rings is 1. The van der Waals surface area contributed by atoms with Crippen molar-refractivity contribution in [1.82, 2.24) is 20.9 Å². The van der Waals surface area contributed by atoms with Crippen molar-refractivity contribution in [2.45, 2.75) is 33.6 Å². The smallest absolute Gasteiger partial charge is 0.261 e. The molecule has 0 aromatic carbocycles. The average molecular weight is 394 g/mol. The summed E-state index contributed by atoms with van der Waals surface area (Å²) in [6, 6.07) is 3.71. The minimum absolute atomic E-state index is 0.0111. The zero-order valence-corrected chi connectivity index (χ0v) is 17.2. The van der Waals surface area contributed by atoms with E-state index in [-0.39, 0.29) is 5.91 Å². The van der Waals surface area contributed by atoms with E-state index in [1.165, 1.54) is 16.2 Å². The molecule has 2 rings (SSSR count). The Balaban J connectivity index is 1.67. The second kappa shape index (κ2) is 10.9. The molecule has 0 radical (unpaired) electrons. The maximum absolute atomic E-state index is 11.8. The minimum Gasteiger partial charge on any atom is -0.357 e. The van der Waals surface area contributed by atoms with Crippen molar-refractivity contribution in [3.63, 3.8) is 0 Å². The number of guanidine groups is 1. The van der Waals surface area contributed by atoms with Crippen LogP contribution in [0.15, 0.2) is 22.5 Å². The number of rotatable bonds is 9. The molecule has 0 aliphatic rings. The van der Waals surface area contributed by atoms with E-state index in [1.807, 2.05) is 31.4 Å². The molecule has 142 valence electrons. The van der Waals surface area contributed by atoms with Crippen molar-refractivity contribution in [3.05, 3.63) is 38.0 Å². The minimum atomic E-state index is -0.0111. The van der Waals surface area contributed by atoms with E-state index in [4.69, 9.17) is 0 Å². The van der Waals surface area contributed by atoms with E-state index in [9.17, 15) is 4.79 Å². The molecule has 0 aliphatic heterocycles. The van der Waals surface area contributed by atoms with Gasteiger partial charge in [-0.25, -0.2) is 4.98 Å². The van der Waals surface area contributed by atoms with Gasteiger partial charge in [0.05, 0.1) is 15.6 Å². The van der Waals surface area contributed by atoms with Crippen molar-refractivity contribution >= 4 is 34.5 Å². The van der Waals surface area contributed by atoms with Gasteiger partial charge in [-0.2, -0.15) is 0 Å². The van der Waals surface area contributed by atoms with Gasteiger partial charge in [0.1, 0.15) is 0 Å². The number of carbonyl (C=O) groups excluding carboxylic acids is 1. The van der Waals surface area contributed by atoms with Crippen molar-refractivity contribution in [2.24, 2.45) is 4.99 Å². The van der Waals surface area contributed by atoms with Gasteiger partial charge in [-0.3, -0.25) is 9.79 Å². The van der Waals surface area contributed by atoms with Gasteiger partial charge in [0.25, 0.3) is 5.91 Å². The molecule has 0 spiro atoms. The first-order valence-electron chi connectivity index (χ1n) is 8.87. The number of amides is 1. The van der Waals surface area contributed by atoms with Gasteiger partial charge in [0.2, 0.25) is 0 Å². The molecule has 0 saturated carbocycles. The molecular weight excluding hydrogens is 366 g/mol. The van der Waals surface area contributed by atoms with Crippen LogP contribution in [0.25, 0.3) is 0 Å². The third-order valence-electron chi connectivity index (χ3n) is 3.68. The summed E-state index contributed by atoms with van der Waals surface area (Å²) in [7, 11) is 0. The van der Waals surface area contributed by atoms with E-state index in [2.05, 4.69) is 32.9 Å². The Morgan fingerprint density at radius 1 is 1.23 bits per heavy atom. The number of hydrogen-bond donors (Lipinski definition) is 3. The van der Waals surface area contributed by atoms with E-state index < -0.39 is 0 Å². The van der Waals surface area contributed by atoms with Crippen LogP contribution in [0, 0.1) is 13.8 Å². The van der Waals surface area contributed by atoms with Gasteiger partial charge in [-0.15, -0.1) is 22.7 Å². The lowest BCUT2D eigenvalue weighted by Gasteiger charge is -2.10. The fourth-order valence-corrected chi connectivity index (χ4v) is 3.82. The predicted octanol–water partition coefficient (Wildman–Crippen LogP) is 2.74. The predicted molar refractivity (Wildman–Crippen MR) is 111 cm³/mol. The lowest BCUT2D eigenvalue weighted by molar-refractivity contribution is 0.0957. The normalized spacial score (nSPS) is 11.4. The first-order valence-corrected chi connectivity index (χ1v) is 10.6. The first kappa shape index (κ1) is 20.4. The number of nitrogens with one attached hydrogen (secondary N) is 3. The molecule has 0 atom stereocenters. The molecular formula is C18H27N5OS2. The Morgan fingerprint density at radius 3 is 2.73 bits per heavy atom. The highest BCUT2D eigenvalue weighted by Crippen LogP contribution is 2.16. The van der Waals surface area contributed by atoms with Gasteiger partial charge in [-0.05, 0) is 38.6 Å². The molecule has 2 aromatic heterocycles. The van der Waals surface area contributed by atoms with Crippen LogP contribution in [0.5, 0.6) is 0 Å². The van der Waals surface area contributed by atoms with E-state index in [0.717, 1.165) is 47.5 Å². The topological polar surface area (TPSA) is 78.4 Å². The Kier molecular flexibility index (Phi) is 8.57. The summed E-state index contributed by atoms with van der Waals surface area (Å²) < 4.78 is 0. The highest BCUT2D eigenvalue weighted by Gasteiger charge is 2.05. The zero-order chi connectivity index (χ0) is 18.8. The van der Waals surface area contributed by atoms with Gasteiger partial charge < -0.3 is 16.0 Å². The summed E-state index contributed by atoms with van der Waals surface area (Å²) in [5.74, 6) is 0.796. The summed E-state index contributed by atoms with van der Waals surface area (Å²) in [5.41, 5.74) is 1.12. The van der Waals surface area contributed by atoms with Crippen LogP contribution in [-0.2, 0) is 6.42 Å². The number of carbonyl (C=O) groups is 1. The molecule has 0 aliphatic carbocycles. The summed E-state index contributed by atoms with van der Waals surface area (Å²) in [4.78, 5) is 23.0. The lowest BCUT2D eigenvalue weighted by atomic mass is 10.4. The molecule has 0 bridgehead atoms. The van der Waals surface area contributed by atoms with Crippen LogP contribution in [0.3, 0.4) is 0 Å². The second-order valence-corrected chi connectivity index (χ2v) is 8.01. The highest BCUT2D eigenvalue weighted by molar-refractivity contribution is 7.12. The van der Waals surface area contributed by atoms with Crippen molar-refractivity contribution in [1.29, 1.82) is 0 Å². The average Bonchev–Trinajstić information content (AvgIpc) is 3.25. The van der Waals surface area contributed by atoms with Crippen LogP contribution in [0.2, 0.25) is 0 Å². The molecule has 2 aromatic rings. The van der Waals surface area contributed by atoms with Gasteiger partial charge in [0, 0.05) is 37.5 Å². The molecule has 8 heteroatoms. The van der Waals surface area contributed by atoms with Crippen LogP contribution >= 0.6 is 22.7 Å². The third-order valence-corrected chi connectivity index (χ3v) is 5.68. The van der Waals surface area contributed by atoms with Crippen LogP contribution in [0.4, 0.5) is 0 Å². The number of thiophene rings is 1. The molecule has 3 N–H and O–H groups in total. The Bertz CT molecular complexity index is 690. The molecule has 6 nitrogen and oxygen atoms in total. The number of aryl methyl sites for hydroxylation is 2. The van der Waals surface area contributed by atoms with Crippen molar-refractivity contribution in [3.8, 4) is 0 Å². The summed E-state index contributed by atoms with van der Waals surface area (Å²) in [6.45, 7) is 9.10. The summed E-state index contributed by atoms with van der Waals surface area (Å²) in [5, 5.41) is 12.6. The van der Waals surface area contributed by atoms with Crippen molar-refractivity contribution in [2.75, 3.05) is 26.2 Å². The third kappa shape index (κ3) is 6.76. The zero-order valence-electron chi connectivity index (χ0n) is 15.6. The molecule has 0 saturated heterocycles. The lowest BCUT2D eigenvalue weighted by Crippen LogP contribution is -2.38. The van der Waals surface area contributed by atoms with Gasteiger partial charge in [0.15, 0.2) is 5.96 Å². The number of aliphatic imine (C=N–C) groups is 1. The van der Waals surface area contributed by atoms with E-state index >= 15 is 0 Å². The molecule has 2 heterocycles. The molecule has 0 fully saturated rings. The van der Waals surface area contributed by atoms with Gasteiger partial charge in [-0.1, -0.05) is 6.07 Å². The number of nitrogens with zero attached hydrogens (tertiary/aromatic N) is 2. The fraction of sp³-hybridized carbons (Fsp3) is 0.500. The highest BCUT2D eigenvalue weighted by atomic mass is 32.1. The Morgan fingerprint density at radius 2 is 2.08 bits per heavy atom. The number of hydrogen-bond acceptors (Lipinski definition) is 5. The summed E-state index contributed by atoms with van der Waals surface area (Å²) in [6.07, 6.45) is 1.69. The maximum atomic E-state index is 11.8. The van der Waals surface area contributed by atoms with Crippen LogP contribution < -0.4 is 16.0 Å². The van der Waals surface area contributed by atoms with Crippen LogP contribution in [-0.4, -0.2) is 43.0 Å². The Labute approximate surface area is 163 Å². The fourth-order valence-electron chi connectivity index (χ4n) is 2.24.